The number of piperazine rings is 1. The number of aromatic nitrogens is 3. The molecule has 2 aromatic rings. The second-order valence-corrected chi connectivity index (χ2v) is 6.74. The number of amides is 1. The van der Waals surface area contributed by atoms with Gasteiger partial charge in [0.2, 0.25) is 5.91 Å². The Kier molecular flexibility index (Phi) is 6.64. The van der Waals surface area contributed by atoms with E-state index in [2.05, 4.69) is 25.3 Å². The second kappa shape index (κ2) is 9.36. The van der Waals surface area contributed by atoms with Crippen LogP contribution in [0.15, 0.2) is 41.9 Å². The zero-order valence-corrected chi connectivity index (χ0v) is 16.1. The zero-order valence-electron chi connectivity index (χ0n) is 15.4. The van der Waals surface area contributed by atoms with Crippen LogP contribution in [0.1, 0.15) is 5.56 Å². The van der Waals surface area contributed by atoms with Gasteiger partial charge in [0.25, 0.3) is 0 Å². The molecule has 0 atom stereocenters. The molecule has 1 N–H and O–H groups in total. The molecule has 3 rings (SSSR count). The highest BCUT2D eigenvalue weighted by Crippen LogP contribution is 2.13. The van der Waals surface area contributed by atoms with E-state index in [4.69, 9.17) is 11.6 Å². The summed E-state index contributed by atoms with van der Waals surface area (Å²) in [5.74, 6) is 0.975. The van der Waals surface area contributed by atoms with Gasteiger partial charge in [-0.25, -0.2) is 4.98 Å². The van der Waals surface area contributed by atoms with Crippen molar-refractivity contribution in [2.75, 3.05) is 39.8 Å². The number of carbonyl (C=O) groups is 1. The molecule has 0 unspecified atom stereocenters. The molecule has 2 heterocycles. The van der Waals surface area contributed by atoms with Crippen molar-refractivity contribution in [1.82, 2.24) is 29.9 Å². The fraction of sp³-hybridized carbons (Fsp3) is 0.444. The Morgan fingerprint density at radius 2 is 2.04 bits per heavy atom. The molecule has 0 bridgehead atoms. The normalized spacial score (nSPS) is 15.1. The number of hydrogen-bond donors (Lipinski definition) is 1. The summed E-state index contributed by atoms with van der Waals surface area (Å²) >= 11 is 6.00. The van der Waals surface area contributed by atoms with Gasteiger partial charge in [-0.2, -0.15) is 5.10 Å². The van der Waals surface area contributed by atoms with Gasteiger partial charge in [-0.1, -0.05) is 23.7 Å². The molecule has 144 valence electrons. The van der Waals surface area contributed by atoms with Crippen molar-refractivity contribution in [3.8, 4) is 0 Å². The Balaban J connectivity index is 1.44. The largest absolute Gasteiger partial charge is 0.354 e. The van der Waals surface area contributed by atoms with Gasteiger partial charge in [0.05, 0.1) is 13.0 Å². The molecule has 27 heavy (non-hydrogen) atoms. The summed E-state index contributed by atoms with van der Waals surface area (Å²) in [5.41, 5.74) is 0.945. The quantitative estimate of drug-likeness (QED) is 0.607. The minimum atomic E-state index is 0.131. The summed E-state index contributed by atoms with van der Waals surface area (Å²) in [4.78, 5) is 24.9. The fourth-order valence-electron chi connectivity index (χ4n) is 3.06. The minimum absolute atomic E-state index is 0.131. The number of carbonyl (C=O) groups excluding carboxylic acids is 1. The Labute approximate surface area is 163 Å². The molecule has 0 radical (unpaired) electrons. The molecule has 0 saturated carbocycles. The first-order valence-electron chi connectivity index (χ1n) is 8.96. The van der Waals surface area contributed by atoms with Gasteiger partial charge in [-0.3, -0.25) is 14.5 Å². The number of hydrogen-bond acceptors (Lipinski definition) is 4. The van der Waals surface area contributed by atoms with Crippen LogP contribution in [-0.4, -0.2) is 76.2 Å². The van der Waals surface area contributed by atoms with Crippen molar-refractivity contribution in [2.45, 2.75) is 13.0 Å². The Morgan fingerprint density at radius 1 is 1.26 bits per heavy atom. The molecule has 8 nitrogen and oxygen atoms in total. The van der Waals surface area contributed by atoms with Gasteiger partial charge in [0.15, 0.2) is 5.96 Å². The molecule has 1 saturated heterocycles. The SMILES string of the molecule is CN=C(NCCn1cncn1)N1CCN(C(=O)Cc2cccc(Cl)c2)CC1. The molecule has 1 aromatic heterocycles. The van der Waals surface area contributed by atoms with E-state index in [1.165, 1.54) is 6.33 Å². The Bertz CT molecular complexity index is 770. The number of rotatable bonds is 5. The van der Waals surface area contributed by atoms with E-state index in [0.29, 0.717) is 31.1 Å². The van der Waals surface area contributed by atoms with Crippen molar-refractivity contribution >= 4 is 23.5 Å². The third kappa shape index (κ3) is 5.43. The van der Waals surface area contributed by atoms with Crippen LogP contribution >= 0.6 is 11.6 Å². The van der Waals surface area contributed by atoms with Crippen LogP contribution < -0.4 is 5.32 Å². The average molecular weight is 390 g/mol. The molecule has 1 fully saturated rings. The van der Waals surface area contributed by atoms with Gasteiger partial charge >= 0.3 is 0 Å². The first kappa shape index (κ1) is 19.2. The van der Waals surface area contributed by atoms with E-state index >= 15 is 0 Å². The predicted molar refractivity (Wildman–Crippen MR) is 105 cm³/mol. The zero-order chi connectivity index (χ0) is 19.1. The number of nitrogens with zero attached hydrogens (tertiary/aromatic N) is 6. The Morgan fingerprint density at radius 3 is 2.70 bits per heavy atom. The lowest BCUT2D eigenvalue weighted by atomic mass is 10.1. The van der Waals surface area contributed by atoms with E-state index in [1.54, 1.807) is 18.1 Å². The lowest BCUT2D eigenvalue weighted by Crippen LogP contribution is -2.54. The summed E-state index contributed by atoms with van der Waals surface area (Å²) in [7, 11) is 1.77. The third-order valence-corrected chi connectivity index (χ3v) is 4.71. The van der Waals surface area contributed by atoms with Gasteiger partial charge < -0.3 is 15.1 Å². The standard InChI is InChI=1S/C18H24ClN7O/c1-20-18(22-5-6-26-14-21-13-23-26)25-9-7-24(8-10-25)17(27)12-15-3-2-4-16(19)11-15/h2-4,11,13-14H,5-10,12H2,1H3,(H,20,22). The third-order valence-electron chi connectivity index (χ3n) is 4.48. The first-order chi connectivity index (χ1) is 13.2. The fourth-order valence-corrected chi connectivity index (χ4v) is 3.28. The highest BCUT2D eigenvalue weighted by Gasteiger charge is 2.23. The van der Waals surface area contributed by atoms with E-state index < -0.39 is 0 Å². The second-order valence-electron chi connectivity index (χ2n) is 6.31. The molecule has 1 aliphatic rings. The van der Waals surface area contributed by atoms with Gasteiger partial charge in [-0.05, 0) is 17.7 Å². The number of halogens is 1. The lowest BCUT2D eigenvalue weighted by Gasteiger charge is -2.36. The smallest absolute Gasteiger partial charge is 0.227 e. The molecule has 0 spiro atoms. The van der Waals surface area contributed by atoms with Crippen molar-refractivity contribution in [3.63, 3.8) is 0 Å². The molecule has 9 heteroatoms. The summed E-state index contributed by atoms with van der Waals surface area (Å²) in [5, 5.41) is 8.08. The molecular weight excluding hydrogens is 366 g/mol. The molecule has 1 aromatic carbocycles. The monoisotopic (exact) mass is 389 g/mol. The molecular formula is C18H24ClN7O. The van der Waals surface area contributed by atoms with Crippen LogP contribution in [0.5, 0.6) is 0 Å². The maximum absolute atomic E-state index is 12.5. The van der Waals surface area contributed by atoms with Crippen LogP contribution in [0.2, 0.25) is 5.02 Å². The van der Waals surface area contributed by atoms with E-state index in [0.717, 1.165) is 31.2 Å². The molecule has 0 aliphatic carbocycles. The summed E-state index contributed by atoms with van der Waals surface area (Å²) in [6.45, 7) is 4.31. The van der Waals surface area contributed by atoms with Gasteiger partial charge in [0, 0.05) is 44.8 Å². The number of aliphatic imine (C=N–C) groups is 1. The number of benzene rings is 1. The average Bonchev–Trinajstić information content (AvgIpc) is 3.19. The maximum atomic E-state index is 12.5. The van der Waals surface area contributed by atoms with Gasteiger partial charge in [0.1, 0.15) is 12.7 Å². The van der Waals surface area contributed by atoms with Crippen LogP contribution in [-0.2, 0) is 17.8 Å². The number of guanidine groups is 1. The summed E-state index contributed by atoms with van der Waals surface area (Å²) in [6.07, 6.45) is 3.59. The summed E-state index contributed by atoms with van der Waals surface area (Å²) < 4.78 is 1.77. The van der Waals surface area contributed by atoms with E-state index in [1.807, 2.05) is 29.2 Å². The van der Waals surface area contributed by atoms with Crippen LogP contribution in [0.3, 0.4) is 0 Å². The van der Waals surface area contributed by atoms with Gasteiger partial charge in [-0.15, -0.1) is 0 Å². The van der Waals surface area contributed by atoms with Crippen LogP contribution in [0, 0.1) is 0 Å². The summed E-state index contributed by atoms with van der Waals surface area (Å²) in [6, 6.07) is 7.46. The highest BCUT2D eigenvalue weighted by atomic mass is 35.5. The first-order valence-corrected chi connectivity index (χ1v) is 9.34. The number of nitrogens with one attached hydrogen (secondary N) is 1. The van der Waals surface area contributed by atoms with Crippen molar-refractivity contribution in [1.29, 1.82) is 0 Å². The topological polar surface area (TPSA) is 78.7 Å². The lowest BCUT2D eigenvalue weighted by molar-refractivity contribution is -0.131. The predicted octanol–water partition coefficient (Wildman–Crippen LogP) is 0.894. The van der Waals surface area contributed by atoms with Crippen molar-refractivity contribution in [3.05, 3.63) is 47.5 Å². The van der Waals surface area contributed by atoms with Crippen molar-refractivity contribution in [2.24, 2.45) is 4.99 Å². The van der Waals surface area contributed by atoms with Crippen LogP contribution in [0.4, 0.5) is 0 Å². The van der Waals surface area contributed by atoms with Crippen LogP contribution in [0.25, 0.3) is 0 Å². The highest BCUT2D eigenvalue weighted by molar-refractivity contribution is 6.30. The Hall–Kier alpha value is -2.61. The molecule has 1 amide bonds. The molecule has 1 aliphatic heterocycles. The maximum Gasteiger partial charge on any atom is 0.227 e. The van der Waals surface area contributed by atoms with Crippen molar-refractivity contribution < 1.29 is 4.79 Å². The van der Waals surface area contributed by atoms with E-state index in [-0.39, 0.29) is 5.91 Å². The van der Waals surface area contributed by atoms with E-state index in [9.17, 15) is 4.79 Å². The minimum Gasteiger partial charge on any atom is -0.354 e.